The van der Waals surface area contributed by atoms with Gasteiger partial charge in [0.15, 0.2) is 5.82 Å². The van der Waals surface area contributed by atoms with Gasteiger partial charge in [-0.15, -0.1) is 5.10 Å². The van der Waals surface area contributed by atoms with Gasteiger partial charge in [0, 0.05) is 23.7 Å². The fourth-order valence-electron chi connectivity index (χ4n) is 1.83. The summed E-state index contributed by atoms with van der Waals surface area (Å²) in [5, 5.41) is 13.3. The predicted octanol–water partition coefficient (Wildman–Crippen LogP) is 2.39. The van der Waals surface area contributed by atoms with E-state index in [4.69, 9.17) is 4.74 Å². The molecule has 0 atom stereocenters. The number of hydrogen-bond acceptors (Lipinski definition) is 5. The molecule has 1 aromatic heterocycles. The van der Waals surface area contributed by atoms with Crippen molar-refractivity contribution in [1.29, 1.82) is 0 Å². The highest BCUT2D eigenvalue weighted by Gasteiger charge is 2.04. The summed E-state index contributed by atoms with van der Waals surface area (Å²) in [5.74, 6) is 0.593. The van der Waals surface area contributed by atoms with Gasteiger partial charge in [0.25, 0.3) is 0 Å². The second kappa shape index (κ2) is 6.68. The Kier molecular flexibility index (Phi) is 4.66. The highest BCUT2D eigenvalue weighted by Crippen LogP contribution is 2.18. The van der Waals surface area contributed by atoms with Crippen LogP contribution in [-0.4, -0.2) is 29.3 Å². The van der Waals surface area contributed by atoms with Crippen molar-refractivity contribution < 1.29 is 9.53 Å². The fourth-order valence-corrected chi connectivity index (χ4v) is 1.83. The molecule has 0 amide bonds. The van der Waals surface area contributed by atoms with Crippen molar-refractivity contribution in [2.45, 2.75) is 19.8 Å². The minimum Gasteiger partial charge on any atom is -0.466 e. The Balaban J connectivity index is 1.90. The van der Waals surface area contributed by atoms with E-state index in [1.54, 1.807) is 6.20 Å². The van der Waals surface area contributed by atoms with Gasteiger partial charge >= 0.3 is 5.97 Å². The molecule has 2 rings (SSSR count). The van der Waals surface area contributed by atoms with E-state index in [2.05, 4.69) is 15.5 Å². The number of hydrogen-bond donors (Lipinski definition) is 1. The van der Waals surface area contributed by atoms with E-state index in [-0.39, 0.29) is 5.97 Å². The Morgan fingerprint density at radius 2 is 2.21 bits per heavy atom. The maximum absolute atomic E-state index is 11.2. The molecule has 100 valence electrons. The number of nitrogens with zero attached hydrogens (tertiary/aromatic N) is 2. The van der Waals surface area contributed by atoms with Crippen molar-refractivity contribution in [2.24, 2.45) is 0 Å². The van der Waals surface area contributed by atoms with E-state index in [1.165, 1.54) is 0 Å². The summed E-state index contributed by atoms with van der Waals surface area (Å²) in [7, 11) is 0. The van der Waals surface area contributed by atoms with E-state index in [0.717, 1.165) is 16.6 Å². The Labute approximate surface area is 112 Å². The monoisotopic (exact) mass is 259 g/mol. The molecule has 1 heterocycles. The maximum atomic E-state index is 11.2. The van der Waals surface area contributed by atoms with Crippen LogP contribution in [0.15, 0.2) is 30.5 Å². The summed E-state index contributed by atoms with van der Waals surface area (Å²) in [6, 6.07) is 7.92. The van der Waals surface area contributed by atoms with Crippen LogP contribution in [0.5, 0.6) is 0 Å². The average Bonchev–Trinajstić information content (AvgIpc) is 2.44. The molecule has 1 N–H and O–H groups in total. The van der Waals surface area contributed by atoms with Crippen LogP contribution in [0.3, 0.4) is 0 Å². The second-order valence-electron chi connectivity index (χ2n) is 4.12. The van der Waals surface area contributed by atoms with Crippen molar-refractivity contribution in [3.05, 3.63) is 30.5 Å². The second-order valence-corrected chi connectivity index (χ2v) is 4.12. The van der Waals surface area contributed by atoms with Gasteiger partial charge in [-0.3, -0.25) is 4.79 Å². The molecule has 19 heavy (non-hydrogen) atoms. The largest absolute Gasteiger partial charge is 0.466 e. The van der Waals surface area contributed by atoms with Gasteiger partial charge in [-0.2, -0.15) is 5.10 Å². The number of nitrogens with one attached hydrogen (secondary N) is 1. The molecule has 5 heteroatoms. The minimum atomic E-state index is -0.159. The van der Waals surface area contributed by atoms with Crippen molar-refractivity contribution in [2.75, 3.05) is 18.5 Å². The van der Waals surface area contributed by atoms with Gasteiger partial charge in [0.05, 0.1) is 12.8 Å². The zero-order valence-corrected chi connectivity index (χ0v) is 10.9. The third kappa shape index (κ3) is 3.64. The lowest BCUT2D eigenvalue weighted by atomic mass is 10.2. The predicted molar refractivity (Wildman–Crippen MR) is 73.9 cm³/mol. The number of benzene rings is 1. The molecular formula is C14H17N3O2. The standard InChI is InChI=1S/C14H17N3O2/c1-2-19-13(18)8-5-9-15-14-12-7-4-3-6-11(12)10-16-17-14/h3-4,6-7,10H,2,5,8-9H2,1H3,(H,15,17). The summed E-state index contributed by atoms with van der Waals surface area (Å²) in [5.41, 5.74) is 0. The lowest BCUT2D eigenvalue weighted by molar-refractivity contribution is -0.143. The Hall–Kier alpha value is -2.17. The van der Waals surface area contributed by atoms with Crippen LogP contribution < -0.4 is 5.32 Å². The van der Waals surface area contributed by atoms with Crippen LogP contribution in [0.2, 0.25) is 0 Å². The quantitative estimate of drug-likeness (QED) is 0.637. The molecule has 0 saturated heterocycles. The summed E-state index contributed by atoms with van der Waals surface area (Å²) < 4.78 is 4.87. The van der Waals surface area contributed by atoms with Gasteiger partial charge < -0.3 is 10.1 Å². The topological polar surface area (TPSA) is 64.1 Å². The number of fused-ring (bicyclic) bond motifs is 1. The van der Waals surface area contributed by atoms with Crippen LogP contribution >= 0.6 is 0 Å². The number of carbonyl (C=O) groups is 1. The average molecular weight is 259 g/mol. The molecule has 0 aliphatic rings. The highest BCUT2D eigenvalue weighted by atomic mass is 16.5. The summed E-state index contributed by atoms with van der Waals surface area (Å²) >= 11 is 0. The molecule has 0 unspecified atom stereocenters. The first-order valence-corrected chi connectivity index (χ1v) is 6.41. The third-order valence-corrected chi connectivity index (χ3v) is 2.73. The minimum absolute atomic E-state index is 0.159. The molecule has 0 radical (unpaired) electrons. The normalized spacial score (nSPS) is 10.4. The van der Waals surface area contributed by atoms with Crippen LogP contribution in [0.4, 0.5) is 5.82 Å². The highest BCUT2D eigenvalue weighted by molar-refractivity contribution is 5.90. The SMILES string of the molecule is CCOC(=O)CCCNc1nncc2ccccc12. The molecular weight excluding hydrogens is 242 g/mol. The van der Waals surface area contributed by atoms with Gasteiger partial charge in [-0.25, -0.2) is 0 Å². The van der Waals surface area contributed by atoms with Crippen molar-refractivity contribution >= 4 is 22.6 Å². The Morgan fingerprint density at radius 1 is 1.37 bits per heavy atom. The van der Waals surface area contributed by atoms with E-state index in [0.29, 0.717) is 26.0 Å². The molecule has 0 spiro atoms. The van der Waals surface area contributed by atoms with E-state index < -0.39 is 0 Å². The lowest BCUT2D eigenvalue weighted by Crippen LogP contribution is -2.09. The first kappa shape index (κ1) is 13.3. The van der Waals surface area contributed by atoms with Gasteiger partial charge in [0.1, 0.15) is 0 Å². The van der Waals surface area contributed by atoms with E-state index in [1.807, 2.05) is 31.2 Å². The van der Waals surface area contributed by atoms with Crippen LogP contribution in [0.25, 0.3) is 10.8 Å². The fraction of sp³-hybridized carbons (Fsp3) is 0.357. The van der Waals surface area contributed by atoms with Crippen molar-refractivity contribution in [3.63, 3.8) is 0 Å². The number of aromatic nitrogens is 2. The summed E-state index contributed by atoms with van der Waals surface area (Å²) in [4.78, 5) is 11.2. The molecule has 0 aliphatic heterocycles. The number of rotatable bonds is 6. The van der Waals surface area contributed by atoms with Crippen LogP contribution in [0.1, 0.15) is 19.8 Å². The first-order valence-electron chi connectivity index (χ1n) is 6.41. The number of carbonyl (C=O) groups excluding carboxylic acids is 1. The molecule has 2 aromatic rings. The molecule has 0 aliphatic carbocycles. The number of anilines is 1. The third-order valence-electron chi connectivity index (χ3n) is 2.73. The lowest BCUT2D eigenvalue weighted by Gasteiger charge is -2.07. The molecule has 0 bridgehead atoms. The smallest absolute Gasteiger partial charge is 0.305 e. The summed E-state index contributed by atoms with van der Waals surface area (Å²) in [6.45, 7) is 2.91. The van der Waals surface area contributed by atoms with Crippen molar-refractivity contribution in [3.8, 4) is 0 Å². The van der Waals surface area contributed by atoms with Gasteiger partial charge in [-0.05, 0) is 13.3 Å². The van der Waals surface area contributed by atoms with Crippen LogP contribution in [-0.2, 0) is 9.53 Å². The molecule has 5 nitrogen and oxygen atoms in total. The molecule has 0 saturated carbocycles. The van der Waals surface area contributed by atoms with Gasteiger partial charge in [-0.1, -0.05) is 24.3 Å². The summed E-state index contributed by atoms with van der Waals surface area (Å²) in [6.07, 6.45) is 2.86. The van der Waals surface area contributed by atoms with Gasteiger partial charge in [0.2, 0.25) is 0 Å². The molecule has 1 aromatic carbocycles. The maximum Gasteiger partial charge on any atom is 0.305 e. The zero-order valence-electron chi connectivity index (χ0n) is 10.9. The first-order chi connectivity index (χ1) is 9.31. The van der Waals surface area contributed by atoms with Crippen molar-refractivity contribution in [1.82, 2.24) is 10.2 Å². The number of esters is 1. The number of ether oxygens (including phenoxy) is 1. The van der Waals surface area contributed by atoms with E-state index in [9.17, 15) is 4.79 Å². The molecule has 0 fully saturated rings. The Morgan fingerprint density at radius 3 is 3.05 bits per heavy atom. The van der Waals surface area contributed by atoms with E-state index >= 15 is 0 Å². The van der Waals surface area contributed by atoms with Crippen LogP contribution in [0, 0.1) is 0 Å². The Bertz CT molecular complexity index is 552. The zero-order chi connectivity index (χ0) is 13.5.